The predicted molar refractivity (Wildman–Crippen MR) is 95.1 cm³/mol. The fraction of sp³-hybridized carbons (Fsp3) is 0.0588. The van der Waals surface area contributed by atoms with Gasteiger partial charge in [-0.1, -0.05) is 40.2 Å². The average Bonchev–Trinajstić information content (AvgIpc) is 2.92. The number of pyridine rings is 1. The lowest BCUT2D eigenvalue weighted by atomic mass is 10.2. The van der Waals surface area contributed by atoms with Gasteiger partial charge in [0.05, 0.1) is 17.6 Å². The highest BCUT2D eigenvalue weighted by molar-refractivity contribution is 9.10. The van der Waals surface area contributed by atoms with Crippen LogP contribution in [0.15, 0.2) is 76.3 Å². The molecule has 2 aromatic heterocycles. The summed E-state index contributed by atoms with van der Waals surface area (Å²) in [6, 6.07) is 12.0. The maximum absolute atomic E-state index is 4.69. The second-order valence-corrected chi connectivity index (χ2v) is 6.30. The van der Waals surface area contributed by atoms with Gasteiger partial charge in [0, 0.05) is 28.2 Å². The molecule has 0 amide bonds. The molecule has 0 aliphatic carbocycles. The number of benzene rings is 1. The maximum Gasteiger partial charge on any atom is 0.190 e. The van der Waals surface area contributed by atoms with Crippen molar-refractivity contribution >= 4 is 33.0 Å². The van der Waals surface area contributed by atoms with E-state index in [2.05, 4.69) is 43.5 Å². The second kappa shape index (κ2) is 6.85. The summed E-state index contributed by atoms with van der Waals surface area (Å²) in [7, 11) is 0. The third-order valence-corrected chi connectivity index (χ3v) is 4.68. The van der Waals surface area contributed by atoms with E-state index in [0.29, 0.717) is 6.54 Å². The van der Waals surface area contributed by atoms with Crippen LogP contribution >= 0.6 is 27.3 Å². The minimum atomic E-state index is 0.708. The first-order valence-corrected chi connectivity index (χ1v) is 8.46. The van der Waals surface area contributed by atoms with E-state index in [9.17, 15) is 0 Å². The smallest absolute Gasteiger partial charge is 0.190 e. The molecule has 0 saturated heterocycles. The molecule has 3 aromatic rings. The van der Waals surface area contributed by atoms with Gasteiger partial charge in [0.25, 0.3) is 0 Å². The van der Waals surface area contributed by atoms with Crippen molar-refractivity contribution in [3.05, 3.63) is 76.1 Å². The molecular weight excluding hydrogens is 358 g/mol. The van der Waals surface area contributed by atoms with Gasteiger partial charge in [-0.3, -0.25) is 4.98 Å². The van der Waals surface area contributed by atoms with Crippen LogP contribution in [0.25, 0.3) is 11.3 Å². The van der Waals surface area contributed by atoms with Crippen LogP contribution in [0.3, 0.4) is 0 Å². The minimum absolute atomic E-state index is 0.708. The summed E-state index contributed by atoms with van der Waals surface area (Å²) in [4.78, 5) is 9.73. The standard InChI is InChI=1S/C17H14BrN3S/c1-2-10-21-16(14-7-3-4-8-15(14)18)12-22-17(21)20-13-6-5-9-19-11-13/h2-9,11-12H,1,10H2. The van der Waals surface area contributed by atoms with Gasteiger partial charge in [0.15, 0.2) is 4.80 Å². The summed E-state index contributed by atoms with van der Waals surface area (Å²) in [6.45, 7) is 4.57. The van der Waals surface area contributed by atoms with E-state index in [1.807, 2.05) is 36.4 Å². The molecule has 3 rings (SSSR count). The first kappa shape index (κ1) is 14.9. The average molecular weight is 372 g/mol. The molecule has 22 heavy (non-hydrogen) atoms. The summed E-state index contributed by atoms with van der Waals surface area (Å²) in [5, 5.41) is 2.12. The lowest BCUT2D eigenvalue weighted by Gasteiger charge is -2.08. The molecular formula is C17H14BrN3S. The number of allylic oxidation sites excluding steroid dienone is 1. The van der Waals surface area contributed by atoms with E-state index in [0.717, 1.165) is 26.2 Å². The van der Waals surface area contributed by atoms with Crippen LogP contribution < -0.4 is 4.80 Å². The van der Waals surface area contributed by atoms with Gasteiger partial charge in [-0.25, -0.2) is 4.99 Å². The van der Waals surface area contributed by atoms with Crippen LogP contribution in [0.1, 0.15) is 0 Å². The van der Waals surface area contributed by atoms with Crippen molar-refractivity contribution < 1.29 is 0 Å². The third-order valence-electron chi connectivity index (χ3n) is 3.13. The molecule has 2 heterocycles. The van der Waals surface area contributed by atoms with Gasteiger partial charge < -0.3 is 4.57 Å². The van der Waals surface area contributed by atoms with Crippen LogP contribution in [0.2, 0.25) is 0 Å². The molecule has 0 spiro atoms. The van der Waals surface area contributed by atoms with Gasteiger partial charge in [0.1, 0.15) is 0 Å². The number of aromatic nitrogens is 2. The molecule has 110 valence electrons. The molecule has 0 N–H and O–H groups in total. The van der Waals surface area contributed by atoms with Gasteiger partial charge in [-0.2, -0.15) is 0 Å². The van der Waals surface area contributed by atoms with E-state index in [-0.39, 0.29) is 0 Å². The first-order chi connectivity index (χ1) is 10.8. The van der Waals surface area contributed by atoms with E-state index in [4.69, 9.17) is 4.99 Å². The fourth-order valence-corrected chi connectivity index (χ4v) is 3.56. The lowest BCUT2D eigenvalue weighted by Crippen LogP contribution is -2.14. The highest BCUT2D eigenvalue weighted by Gasteiger charge is 2.09. The number of thiazole rings is 1. The summed E-state index contributed by atoms with van der Waals surface area (Å²) in [5.74, 6) is 0. The Kier molecular flexibility index (Phi) is 4.65. The van der Waals surface area contributed by atoms with Gasteiger partial charge in [-0.15, -0.1) is 17.9 Å². The summed E-state index contributed by atoms with van der Waals surface area (Å²) in [5.41, 5.74) is 3.12. The fourth-order valence-electron chi connectivity index (χ4n) is 2.14. The lowest BCUT2D eigenvalue weighted by molar-refractivity contribution is 0.800. The highest BCUT2D eigenvalue weighted by atomic mass is 79.9. The van der Waals surface area contributed by atoms with Gasteiger partial charge >= 0.3 is 0 Å². The van der Waals surface area contributed by atoms with Crippen LogP contribution in [-0.4, -0.2) is 9.55 Å². The van der Waals surface area contributed by atoms with Crippen molar-refractivity contribution in [2.75, 3.05) is 0 Å². The van der Waals surface area contributed by atoms with E-state index < -0.39 is 0 Å². The molecule has 0 fully saturated rings. The van der Waals surface area contributed by atoms with E-state index >= 15 is 0 Å². The Morgan fingerprint density at radius 3 is 2.86 bits per heavy atom. The van der Waals surface area contributed by atoms with Gasteiger partial charge in [0.2, 0.25) is 0 Å². The zero-order chi connectivity index (χ0) is 15.4. The number of hydrogen-bond donors (Lipinski definition) is 0. The van der Waals surface area contributed by atoms with Crippen molar-refractivity contribution in [2.24, 2.45) is 4.99 Å². The molecule has 0 saturated carbocycles. The predicted octanol–water partition coefficient (Wildman–Crippen LogP) is 4.79. The van der Waals surface area contributed by atoms with E-state index in [1.54, 1.807) is 23.7 Å². The molecule has 0 radical (unpaired) electrons. The Morgan fingerprint density at radius 1 is 1.27 bits per heavy atom. The van der Waals surface area contributed by atoms with Crippen molar-refractivity contribution in [1.29, 1.82) is 0 Å². The molecule has 0 atom stereocenters. The zero-order valence-electron chi connectivity index (χ0n) is 11.8. The molecule has 3 nitrogen and oxygen atoms in total. The van der Waals surface area contributed by atoms with Crippen molar-refractivity contribution in [2.45, 2.75) is 6.54 Å². The van der Waals surface area contributed by atoms with Crippen LogP contribution in [-0.2, 0) is 6.54 Å². The zero-order valence-corrected chi connectivity index (χ0v) is 14.2. The van der Waals surface area contributed by atoms with Crippen molar-refractivity contribution in [1.82, 2.24) is 9.55 Å². The Morgan fingerprint density at radius 2 is 2.14 bits per heavy atom. The van der Waals surface area contributed by atoms with Crippen LogP contribution in [0.5, 0.6) is 0 Å². The normalized spacial score (nSPS) is 11.6. The molecule has 0 bridgehead atoms. The highest BCUT2D eigenvalue weighted by Crippen LogP contribution is 2.28. The Hall–Kier alpha value is -1.98. The number of hydrogen-bond acceptors (Lipinski definition) is 3. The Labute approximate surface area is 141 Å². The van der Waals surface area contributed by atoms with E-state index in [1.165, 1.54) is 0 Å². The molecule has 1 aromatic carbocycles. The SMILES string of the molecule is C=CCn1c(-c2ccccc2Br)csc1=Nc1cccnc1. The van der Waals surface area contributed by atoms with Crippen molar-refractivity contribution in [3.63, 3.8) is 0 Å². The molecule has 0 aliphatic heterocycles. The molecule has 5 heteroatoms. The molecule has 0 unspecified atom stereocenters. The topological polar surface area (TPSA) is 30.2 Å². The minimum Gasteiger partial charge on any atom is -0.313 e. The number of nitrogens with zero attached hydrogens (tertiary/aromatic N) is 3. The summed E-state index contributed by atoms with van der Waals surface area (Å²) >= 11 is 5.23. The largest absolute Gasteiger partial charge is 0.313 e. The van der Waals surface area contributed by atoms with Crippen molar-refractivity contribution in [3.8, 4) is 11.3 Å². The quantitative estimate of drug-likeness (QED) is 0.606. The number of rotatable bonds is 4. The number of halogens is 1. The summed E-state index contributed by atoms with van der Waals surface area (Å²) < 4.78 is 3.23. The first-order valence-electron chi connectivity index (χ1n) is 6.78. The Balaban J connectivity index is 2.16. The monoisotopic (exact) mass is 371 g/mol. The summed E-state index contributed by atoms with van der Waals surface area (Å²) in [6.07, 6.45) is 5.39. The Bertz CT molecular complexity index is 850. The maximum atomic E-state index is 4.69. The second-order valence-electron chi connectivity index (χ2n) is 4.61. The van der Waals surface area contributed by atoms with Crippen LogP contribution in [0, 0.1) is 0 Å². The third kappa shape index (κ3) is 3.10. The van der Waals surface area contributed by atoms with Crippen LogP contribution in [0.4, 0.5) is 5.69 Å². The molecule has 0 aliphatic rings. The van der Waals surface area contributed by atoms with Gasteiger partial charge in [-0.05, 0) is 18.2 Å².